The number of methoxy groups -OCH3 is 1. The molecular formula is C16H25N3O4. The topological polar surface area (TPSA) is 103 Å². The molecule has 0 heterocycles. The minimum Gasteiger partial charge on any atom is -0.462 e. The number of rotatable bonds is 9. The van der Waals surface area contributed by atoms with Crippen molar-refractivity contribution in [3.8, 4) is 0 Å². The average Bonchev–Trinajstić information content (AvgIpc) is 2.54. The molecule has 0 spiro atoms. The van der Waals surface area contributed by atoms with Crippen LogP contribution in [0.15, 0.2) is 18.2 Å². The Hall–Kier alpha value is -2.12. The zero-order chi connectivity index (χ0) is 17.2. The molecule has 128 valence electrons. The largest absolute Gasteiger partial charge is 0.462 e. The highest BCUT2D eigenvalue weighted by molar-refractivity contribution is 5.98. The molecule has 1 atom stereocenters. The fourth-order valence-corrected chi connectivity index (χ4v) is 2.00. The molecule has 0 aromatic heterocycles. The monoisotopic (exact) mass is 323 g/mol. The zero-order valence-electron chi connectivity index (χ0n) is 13.8. The van der Waals surface area contributed by atoms with Gasteiger partial charge in [0, 0.05) is 20.2 Å². The third-order valence-corrected chi connectivity index (χ3v) is 3.18. The first-order valence-corrected chi connectivity index (χ1v) is 7.63. The van der Waals surface area contributed by atoms with Crippen LogP contribution in [0.5, 0.6) is 0 Å². The minimum absolute atomic E-state index is 0.141. The molecule has 0 aliphatic heterocycles. The van der Waals surface area contributed by atoms with Crippen molar-refractivity contribution in [2.45, 2.75) is 26.4 Å². The molecule has 4 N–H and O–H groups in total. The summed E-state index contributed by atoms with van der Waals surface area (Å²) in [5, 5.41) is 5.93. The second kappa shape index (κ2) is 9.81. The van der Waals surface area contributed by atoms with Gasteiger partial charge in [-0.1, -0.05) is 0 Å². The first-order chi connectivity index (χ1) is 11.0. The second-order valence-electron chi connectivity index (χ2n) is 4.86. The van der Waals surface area contributed by atoms with Crippen molar-refractivity contribution in [2.24, 2.45) is 5.73 Å². The number of hydrogen-bond donors (Lipinski definition) is 3. The van der Waals surface area contributed by atoms with Crippen molar-refractivity contribution in [1.29, 1.82) is 0 Å². The summed E-state index contributed by atoms with van der Waals surface area (Å²) in [6.45, 7) is 4.92. The van der Waals surface area contributed by atoms with Crippen molar-refractivity contribution in [1.82, 2.24) is 0 Å². The highest BCUT2D eigenvalue weighted by Crippen LogP contribution is 2.24. The van der Waals surface area contributed by atoms with Gasteiger partial charge in [0.25, 0.3) is 0 Å². The van der Waals surface area contributed by atoms with Gasteiger partial charge in [-0.25, -0.2) is 4.79 Å². The van der Waals surface area contributed by atoms with Crippen molar-refractivity contribution >= 4 is 23.3 Å². The summed E-state index contributed by atoms with van der Waals surface area (Å²) >= 11 is 0. The first kappa shape index (κ1) is 18.9. The summed E-state index contributed by atoms with van der Waals surface area (Å²) in [4.78, 5) is 23.9. The van der Waals surface area contributed by atoms with Crippen molar-refractivity contribution in [3.05, 3.63) is 23.8 Å². The van der Waals surface area contributed by atoms with E-state index < -0.39 is 5.97 Å². The Kier molecular flexibility index (Phi) is 8.07. The molecule has 1 amide bonds. The van der Waals surface area contributed by atoms with Gasteiger partial charge < -0.3 is 25.8 Å². The number of benzene rings is 1. The average molecular weight is 323 g/mol. The fraction of sp³-hybridized carbons (Fsp3) is 0.500. The van der Waals surface area contributed by atoms with Gasteiger partial charge in [0.2, 0.25) is 5.91 Å². The van der Waals surface area contributed by atoms with Crippen LogP contribution in [0.2, 0.25) is 0 Å². The van der Waals surface area contributed by atoms with Gasteiger partial charge in [-0.3, -0.25) is 4.79 Å². The zero-order valence-corrected chi connectivity index (χ0v) is 13.8. The number of amides is 1. The molecule has 23 heavy (non-hydrogen) atoms. The van der Waals surface area contributed by atoms with Crippen LogP contribution in [0.1, 0.15) is 30.6 Å². The fourth-order valence-electron chi connectivity index (χ4n) is 2.00. The normalized spacial score (nSPS) is 11.7. The number of anilines is 2. The number of carbonyl (C=O) groups is 2. The van der Waals surface area contributed by atoms with Crippen molar-refractivity contribution in [2.75, 3.05) is 37.4 Å². The van der Waals surface area contributed by atoms with Gasteiger partial charge in [-0.2, -0.15) is 0 Å². The molecule has 7 heteroatoms. The van der Waals surface area contributed by atoms with Crippen LogP contribution in [0, 0.1) is 0 Å². The number of ether oxygens (including phenoxy) is 2. The maximum atomic E-state index is 12.1. The summed E-state index contributed by atoms with van der Waals surface area (Å²) < 4.78 is 10.1. The number of carbonyl (C=O) groups excluding carboxylic acids is 2. The van der Waals surface area contributed by atoms with E-state index in [0.717, 1.165) is 5.69 Å². The summed E-state index contributed by atoms with van der Waals surface area (Å²) in [6.07, 6.45) is -0.201. The lowest BCUT2D eigenvalue weighted by molar-refractivity contribution is -0.118. The molecule has 1 aromatic carbocycles. The van der Waals surface area contributed by atoms with Crippen molar-refractivity contribution in [3.63, 3.8) is 0 Å². The summed E-state index contributed by atoms with van der Waals surface area (Å²) in [7, 11) is 1.51. The van der Waals surface area contributed by atoms with Crippen LogP contribution in [0.4, 0.5) is 11.4 Å². The lowest BCUT2D eigenvalue weighted by atomic mass is 10.1. The molecule has 0 saturated carbocycles. The second-order valence-corrected chi connectivity index (χ2v) is 4.86. The number of hydrogen-bond acceptors (Lipinski definition) is 6. The van der Waals surface area contributed by atoms with Crippen LogP contribution < -0.4 is 16.4 Å². The molecule has 0 aliphatic carbocycles. The molecule has 1 rings (SSSR count). The predicted molar refractivity (Wildman–Crippen MR) is 89.7 cm³/mol. The van der Waals surface area contributed by atoms with E-state index in [1.165, 1.54) is 7.11 Å². The molecule has 0 radical (unpaired) electrons. The first-order valence-electron chi connectivity index (χ1n) is 7.63. The molecule has 1 aromatic rings. The van der Waals surface area contributed by atoms with E-state index in [9.17, 15) is 9.59 Å². The quantitative estimate of drug-likeness (QED) is 0.597. The smallest absolute Gasteiger partial charge is 0.338 e. The van der Waals surface area contributed by atoms with Gasteiger partial charge in [0.1, 0.15) is 0 Å². The molecule has 7 nitrogen and oxygen atoms in total. The SMILES string of the molecule is CCNc1ccc(C(=O)OCC)cc1NC(=O)CC(CN)OC. The van der Waals surface area contributed by atoms with E-state index in [-0.39, 0.29) is 25.0 Å². The Morgan fingerprint density at radius 3 is 2.57 bits per heavy atom. The van der Waals surface area contributed by atoms with E-state index in [4.69, 9.17) is 15.2 Å². The third-order valence-electron chi connectivity index (χ3n) is 3.18. The molecule has 0 bridgehead atoms. The molecule has 0 fully saturated rings. The van der Waals surface area contributed by atoms with Crippen LogP contribution in [0.3, 0.4) is 0 Å². The number of nitrogens with two attached hydrogens (primary N) is 1. The summed E-state index contributed by atoms with van der Waals surface area (Å²) in [5.74, 6) is -0.662. The van der Waals surface area contributed by atoms with Crippen molar-refractivity contribution < 1.29 is 19.1 Å². The van der Waals surface area contributed by atoms with E-state index in [1.807, 2.05) is 6.92 Å². The third kappa shape index (κ3) is 5.88. The Labute approximate surface area is 136 Å². The number of esters is 1. The highest BCUT2D eigenvalue weighted by atomic mass is 16.5. The standard InChI is InChI=1S/C16H25N3O4/c1-4-18-13-7-6-11(16(21)23-5-2)8-14(13)19-15(20)9-12(10-17)22-3/h6-8,12,18H,4-5,9-10,17H2,1-3H3,(H,19,20). The van der Waals surface area contributed by atoms with Crippen LogP contribution in [-0.4, -0.2) is 44.8 Å². The van der Waals surface area contributed by atoms with Gasteiger partial charge in [0.15, 0.2) is 0 Å². The molecule has 0 aliphatic rings. The Morgan fingerprint density at radius 1 is 1.26 bits per heavy atom. The lowest BCUT2D eigenvalue weighted by Crippen LogP contribution is -2.28. The van der Waals surface area contributed by atoms with Gasteiger partial charge in [-0.15, -0.1) is 0 Å². The lowest BCUT2D eigenvalue weighted by Gasteiger charge is -2.16. The van der Waals surface area contributed by atoms with E-state index in [1.54, 1.807) is 25.1 Å². The van der Waals surface area contributed by atoms with Crippen LogP contribution in [-0.2, 0) is 14.3 Å². The minimum atomic E-state index is -0.428. The molecule has 0 saturated heterocycles. The predicted octanol–water partition coefficient (Wildman–Crippen LogP) is 1.60. The molecule has 1 unspecified atom stereocenters. The van der Waals surface area contributed by atoms with E-state index >= 15 is 0 Å². The Bertz CT molecular complexity index is 530. The van der Waals surface area contributed by atoms with Crippen LogP contribution in [0.25, 0.3) is 0 Å². The maximum absolute atomic E-state index is 12.1. The van der Waals surface area contributed by atoms with Gasteiger partial charge in [-0.05, 0) is 32.0 Å². The Morgan fingerprint density at radius 2 is 2.00 bits per heavy atom. The maximum Gasteiger partial charge on any atom is 0.338 e. The Balaban J connectivity index is 2.93. The number of nitrogens with one attached hydrogen (secondary N) is 2. The van der Waals surface area contributed by atoms with Gasteiger partial charge >= 0.3 is 5.97 Å². The summed E-state index contributed by atoms with van der Waals surface area (Å²) in [5.41, 5.74) is 7.16. The highest BCUT2D eigenvalue weighted by Gasteiger charge is 2.15. The van der Waals surface area contributed by atoms with Gasteiger partial charge in [0.05, 0.1) is 36.1 Å². The molecular weight excluding hydrogens is 298 g/mol. The van der Waals surface area contributed by atoms with Crippen LogP contribution >= 0.6 is 0 Å². The van der Waals surface area contributed by atoms with E-state index in [2.05, 4.69) is 10.6 Å². The van der Waals surface area contributed by atoms with E-state index in [0.29, 0.717) is 24.4 Å². The summed E-state index contributed by atoms with van der Waals surface area (Å²) in [6, 6.07) is 4.99.